The van der Waals surface area contributed by atoms with Crippen molar-refractivity contribution in [1.82, 2.24) is 4.98 Å². The minimum atomic E-state index is -0.665. The topological polar surface area (TPSA) is 175 Å². The van der Waals surface area contributed by atoms with Gasteiger partial charge in [-0.3, -0.25) is 19.4 Å². The molecule has 0 saturated heterocycles. The number of benzene rings is 3. The predicted molar refractivity (Wildman–Crippen MR) is 226 cm³/mol. The molecule has 8 rings (SSSR count). The number of hydrogen-bond acceptors (Lipinski definition) is 10. The van der Waals surface area contributed by atoms with Gasteiger partial charge in [0.15, 0.2) is 18.2 Å². The summed E-state index contributed by atoms with van der Waals surface area (Å²) in [5.41, 5.74) is 8.84. The van der Waals surface area contributed by atoms with E-state index in [0.717, 1.165) is 46.7 Å². The molecule has 0 aliphatic heterocycles. The van der Waals surface area contributed by atoms with Crippen LogP contribution in [0.3, 0.4) is 0 Å². The summed E-state index contributed by atoms with van der Waals surface area (Å²) < 4.78 is 11.1. The lowest BCUT2D eigenvalue weighted by Gasteiger charge is -2.58. The average Bonchev–Trinajstić information content (AvgIpc) is 3.60. The summed E-state index contributed by atoms with van der Waals surface area (Å²) in [4.78, 5) is 69.3. The second-order valence-corrected chi connectivity index (χ2v) is 17.4. The predicted octanol–water partition coefficient (Wildman–Crippen LogP) is 7.28. The largest absolute Gasteiger partial charge is 0.457 e. The second kappa shape index (κ2) is 16.7. The third-order valence-electron chi connectivity index (χ3n) is 14.0. The number of hydrogen-bond donors (Lipinski definition) is 3. The molecule has 0 spiro atoms. The highest BCUT2D eigenvalue weighted by molar-refractivity contribution is 6.01. The van der Waals surface area contributed by atoms with E-state index in [9.17, 15) is 29.1 Å². The fraction of sp³-hybridized carbons (Fsp3) is 0.388. The summed E-state index contributed by atoms with van der Waals surface area (Å²) in [6.45, 7) is 4.20. The van der Waals surface area contributed by atoms with E-state index in [1.807, 2.05) is 54.6 Å². The SMILES string of the molecule is C[C@]12C=CC(=O)C=C1CC[C@@H]1C2[C@@H](O)C[C@@]2(C)C1CC[C@@H]2C(=O)COC(=O)c1ccc(C(=O)OCc2ccc(C(CCN)C(=O)Nc3ccc4cnccc4c3)cc2)cc1. The molecule has 8 atom stereocenters. The van der Waals surface area contributed by atoms with Crippen LogP contribution in [0.25, 0.3) is 10.8 Å². The number of pyridine rings is 1. The van der Waals surface area contributed by atoms with Gasteiger partial charge in [-0.1, -0.05) is 55.8 Å². The third-order valence-corrected chi connectivity index (χ3v) is 14.0. The number of nitrogens with zero attached hydrogens (tertiary/aromatic N) is 1. The number of aliphatic hydroxyl groups is 1. The molecule has 0 bridgehead atoms. The molecular formula is C49H51N3O8. The number of nitrogens with one attached hydrogen (secondary N) is 1. The number of allylic oxidation sites excluding steroid dienone is 4. The molecule has 60 heavy (non-hydrogen) atoms. The maximum atomic E-state index is 13.7. The summed E-state index contributed by atoms with van der Waals surface area (Å²) in [5, 5.41) is 16.6. The van der Waals surface area contributed by atoms with Gasteiger partial charge in [-0.25, -0.2) is 9.59 Å². The summed E-state index contributed by atoms with van der Waals surface area (Å²) >= 11 is 0. The van der Waals surface area contributed by atoms with Crippen LogP contribution in [0.2, 0.25) is 0 Å². The van der Waals surface area contributed by atoms with E-state index in [1.54, 1.807) is 24.5 Å². The Balaban J connectivity index is 0.821. The van der Waals surface area contributed by atoms with Crippen LogP contribution in [0, 0.1) is 34.5 Å². The molecule has 1 amide bonds. The maximum Gasteiger partial charge on any atom is 0.338 e. The number of carbonyl (C=O) groups excluding carboxylic acids is 5. The molecule has 1 heterocycles. The molecule has 11 nitrogen and oxygen atoms in total. The molecule has 4 N–H and O–H groups in total. The Morgan fingerprint density at radius 1 is 0.917 bits per heavy atom. The number of anilines is 1. The van der Waals surface area contributed by atoms with Crippen LogP contribution < -0.4 is 11.1 Å². The molecule has 0 radical (unpaired) electrons. The molecule has 3 saturated carbocycles. The van der Waals surface area contributed by atoms with Crippen LogP contribution in [0.4, 0.5) is 5.69 Å². The number of Topliss-reactive ketones (excluding diaryl/α,β-unsaturated/α-hetero) is 1. The standard InChI is InChI=1S/C49H51N3O8/c1-48-20-17-37(53)24-35(48)12-14-39-40-15-16-41(49(40,2)25-42(54)44(39)48)43(55)28-60-47(58)32-9-7-31(8-10-32)46(57)59-27-29-3-5-30(6-4-29)38(18-21-50)45(56)52-36-13-11-34-26-51-22-19-33(34)23-36/h3-11,13,17,19-20,22-24,26,38-42,44,54H,12,14-16,18,21,25,27-28,50H2,1-2H3,(H,52,56)/t38?,39-,40?,41+,42-,44?,48-,49-/m0/s1. The van der Waals surface area contributed by atoms with E-state index in [-0.39, 0.29) is 70.9 Å². The van der Waals surface area contributed by atoms with Crippen LogP contribution in [0.5, 0.6) is 0 Å². The third kappa shape index (κ3) is 7.84. The van der Waals surface area contributed by atoms with Gasteiger partial charge < -0.3 is 25.6 Å². The minimum Gasteiger partial charge on any atom is -0.457 e. The number of amides is 1. The summed E-state index contributed by atoms with van der Waals surface area (Å²) in [5.74, 6) is -1.90. The van der Waals surface area contributed by atoms with Crippen molar-refractivity contribution in [2.75, 3.05) is 18.5 Å². The van der Waals surface area contributed by atoms with Crippen LogP contribution in [-0.4, -0.2) is 58.8 Å². The summed E-state index contributed by atoms with van der Waals surface area (Å²) in [7, 11) is 0. The molecule has 4 aliphatic carbocycles. The molecule has 3 fully saturated rings. The van der Waals surface area contributed by atoms with Gasteiger partial charge in [-0.15, -0.1) is 0 Å². The number of aliphatic hydroxyl groups excluding tert-OH is 1. The number of ketones is 2. The van der Waals surface area contributed by atoms with Crippen molar-refractivity contribution >= 4 is 45.9 Å². The Morgan fingerprint density at radius 2 is 1.65 bits per heavy atom. The average molecular weight is 810 g/mol. The van der Waals surface area contributed by atoms with Gasteiger partial charge in [0.25, 0.3) is 0 Å². The number of aromatic nitrogens is 1. The number of nitrogens with two attached hydrogens (primary N) is 1. The van der Waals surface area contributed by atoms with Gasteiger partial charge >= 0.3 is 11.9 Å². The quantitative estimate of drug-likeness (QED) is 0.123. The van der Waals surface area contributed by atoms with E-state index in [1.165, 1.54) is 24.3 Å². The van der Waals surface area contributed by atoms with Crippen molar-refractivity contribution in [2.45, 2.75) is 71.0 Å². The summed E-state index contributed by atoms with van der Waals surface area (Å²) in [6, 6.07) is 20.7. The lowest BCUT2D eigenvalue weighted by molar-refractivity contribution is -0.141. The van der Waals surface area contributed by atoms with Crippen molar-refractivity contribution in [1.29, 1.82) is 0 Å². The normalized spacial score (nSPS) is 27.2. The first-order valence-corrected chi connectivity index (χ1v) is 20.9. The van der Waals surface area contributed by atoms with Crippen LogP contribution in [-0.2, 0) is 30.5 Å². The van der Waals surface area contributed by atoms with Crippen LogP contribution in [0.1, 0.15) is 90.1 Å². The Bertz CT molecular complexity index is 2390. The van der Waals surface area contributed by atoms with E-state index in [2.05, 4.69) is 24.1 Å². The van der Waals surface area contributed by atoms with Crippen molar-refractivity contribution in [3.8, 4) is 0 Å². The van der Waals surface area contributed by atoms with Gasteiger partial charge in [0.2, 0.25) is 5.91 Å². The molecule has 1 aromatic heterocycles. The smallest absolute Gasteiger partial charge is 0.338 e. The Hall–Kier alpha value is -5.78. The van der Waals surface area contributed by atoms with Gasteiger partial charge in [-0.05, 0) is 133 Å². The van der Waals surface area contributed by atoms with Crippen molar-refractivity contribution in [3.63, 3.8) is 0 Å². The zero-order valence-electron chi connectivity index (χ0n) is 34.0. The van der Waals surface area contributed by atoms with Crippen molar-refractivity contribution in [2.24, 2.45) is 40.2 Å². The van der Waals surface area contributed by atoms with Crippen LogP contribution in [0.15, 0.2) is 109 Å². The highest BCUT2D eigenvalue weighted by atomic mass is 16.5. The molecular weight excluding hydrogens is 759 g/mol. The highest BCUT2D eigenvalue weighted by Crippen LogP contribution is 2.66. The van der Waals surface area contributed by atoms with E-state index >= 15 is 0 Å². The van der Waals surface area contributed by atoms with E-state index in [4.69, 9.17) is 15.2 Å². The fourth-order valence-corrected chi connectivity index (χ4v) is 11.0. The van der Waals surface area contributed by atoms with E-state index < -0.39 is 29.4 Å². The fourth-order valence-electron chi connectivity index (χ4n) is 11.0. The first-order valence-electron chi connectivity index (χ1n) is 20.9. The van der Waals surface area contributed by atoms with Gasteiger partial charge in [0.05, 0.1) is 23.1 Å². The van der Waals surface area contributed by atoms with Gasteiger partial charge in [0.1, 0.15) is 6.61 Å². The number of ether oxygens (including phenoxy) is 2. The highest BCUT2D eigenvalue weighted by Gasteiger charge is 2.62. The number of carbonyl (C=O) groups is 5. The van der Waals surface area contributed by atoms with E-state index in [0.29, 0.717) is 31.5 Å². The van der Waals surface area contributed by atoms with Crippen molar-refractivity contribution in [3.05, 3.63) is 131 Å². The summed E-state index contributed by atoms with van der Waals surface area (Å²) in [6.07, 6.45) is 12.4. The van der Waals surface area contributed by atoms with Crippen LogP contribution >= 0.6 is 0 Å². The first kappa shape index (κ1) is 41.0. The lowest BCUT2D eigenvalue weighted by atomic mass is 9.46. The number of fused-ring (bicyclic) bond motifs is 6. The van der Waals surface area contributed by atoms with Gasteiger partial charge in [0, 0.05) is 40.7 Å². The first-order chi connectivity index (χ1) is 28.9. The minimum absolute atomic E-state index is 0.000119. The molecule has 3 unspecified atom stereocenters. The number of rotatable bonds is 12. The molecule has 310 valence electrons. The Labute approximate surface area is 349 Å². The molecule has 3 aromatic carbocycles. The number of esters is 2. The zero-order valence-corrected chi connectivity index (χ0v) is 34.0. The maximum absolute atomic E-state index is 13.7. The molecule has 11 heteroatoms. The zero-order chi connectivity index (χ0) is 42.2. The van der Waals surface area contributed by atoms with Gasteiger partial charge in [-0.2, -0.15) is 0 Å². The Kier molecular flexibility index (Phi) is 11.4. The lowest BCUT2D eigenvalue weighted by Crippen LogP contribution is -2.56. The van der Waals surface area contributed by atoms with Crippen molar-refractivity contribution < 1.29 is 38.6 Å². The molecule has 4 aliphatic rings. The molecule has 4 aromatic rings. The monoisotopic (exact) mass is 809 g/mol. The Morgan fingerprint density at radius 3 is 2.38 bits per heavy atom. The second-order valence-electron chi connectivity index (χ2n) is 17.4.